The molecule has 3 rings (SSSR count). The highest BCUT2D eigenvalue weighted by Gasteiger charge is 2.13. The number of carbonyl (C=O) groups excluding carboxylic acids is 1. The van der Waals surface area contributed by atoms with Crippen LogP contribution in [-0.4, -0.2) is 12.5 Å². The van der Waals surface area contributed by atoms with E-state index in [1.165, 1.54) is 0 Å². The Morgan fingerprint density at radius 2 is 1.71 bits per heavy atom. The van der Waals surface area contributed by atoms with Crippen molar-refractivity contribution in [3.63, 3.8) is 0 Å². The van der Waals surface area contributed by atoms with Gasteiger partial charge in [-0.1, -0.05) is 65.6 Å². The van der Waals surface area contributed by atoms with Gasteiger partial charge >= 0.3 is 0 Å². The second kappa shape index (κ2) is 12.7. The van der Waals surface area contributed by atoms with Crippen LogP contribution in [0.2, 0.25) is 5.02 Å². The van der Waals surface area contributed by atoms with Crippen LogP contribution in [0.25, 0.3) is 0 Å². The number of carbonyl (C=O) groups is 1. The third-order valence-corrected chi connectivity index (χ3v) is 6.08. The third kappa shape index (κ3) is 7.67. The molecule has 180 valence electrons. The van der Waals surface area contributed by atoms with Gasteiger partial charge in [-0.2, -0.15) is 0 Å². The van der Waals surface area contributed by atoms with Gasteiger partial charge in [0.2, 0.25) is 5.91 Å². The van der Waals surface area contributed by atoms with Crippen LogP contribution in [0.5, 0.6) is 11.5 Å². The number of benzene rings is 3. The molecule has 0 atom stereocenters. The highest BCUT2D eigenvalue weighted by atomic mass is 79.9. The minimum atomic E-state index is 0.0172. The van der Waals surface area contributed by atoms with Crippen molar-refractivity contribution in [2.45, 2.75) is 40.3 Å². The third-order valence-electron chi connectivity index (χ3n) is 4.98. The maximum atomic E-state index is 12.1. The second-order valence-electron chi connectivity index (χ2n) is 8.28. The maximum Gasteiger partial charge on any atom is 0.224 e. The zero-order chi connectivity index (χ0) is 24.5. The van der Waals surface area contributed by atoms with Crippen LogP contribution in [0.15, 0.2) is 65.1 Å². The van der Waals surface area contributed by atoms with E-state index in [9.17, 15) is 4.79 Å². The van der Waals surface area contributed by atoms with Gasteiger partial charge in [-0.05, 0) is 54.8 Å². The molecule has 0 fully saturated rings. The van der Waals surface area contributed by atoms with Crippen molar-refractivity contribution in [1.29, 1.82) is 0 Å². The first-order chi connectivity index (χ1) is 16.4. The Hall–Kier alpha value is -2.70. The molecule has 0 aliphatic carbocycles. The molecule has 2 N–H and O–H groups in total. The lowest BCUT2D eigenvalue weighted by atomic mass is 10.1. The summed E-state index contributed by atoms with van der Waals surface area (Å²) < 4.78 is 12.8. The molecule has 3 aromatic carbocycles. The zero-order valence-corrected chi connectivity index (χ0v) is 22.0. The number of nitrogens with one attached hydrogen (secondary N) is 2. The van der Waals surface area contributed by atoms with Gasteiger partial charge in [-0.15, -0.1) is 0 Å². The number of anilines is 2. The van der Waals surface area contributed by atoms with E-state index in [1.807, 2.05) is 81.4 Å². The predicted molar refractivity (Wildman–Crippen MR) is 143 cm³/mol. The summed E-state index contributed by atoms with van der Waals surface area (Å²) in [5, 5.41) is 7.04. The molecule has 0 bridgehead atoms. The molecule has 34 heavy (non-hydrogen) atoms. The number of ether oxygens (including phenoxy) is 2. The highest BCUT2D eigenvalue weighted by Crippen LogP contribution is 2.35. The molecule has 0 spiro atoms. The first-order valence-electron chi connectivity index (χ1n) is 11.3. The number of hydrogen-bond acceptors (Lipinski definition) is 4. The normalized spacial score (nSPS) is 10.8. The molecule has 0 unspecified atom stereocenters. The van der Waals surface area contributed by atoms with Gasteiger partial charge in [0.25, 0.3) is 0 Å². The molecule has 0 aliphatic heterocycles. The van der Waals surface area contributed by atoms with Crippen molar-refractivity contribution in [2.75, 3.05) is 17.2 Å². The molecule has 0 saturated carbocycles. The molecule has 5 nitrogen and oxygen atoms in total. The minimum Gasteiger partial charge on any atom is -0.490 e. The van der Waals surface area contributed by atoms with Crippen LogP contribution >= 0.6 is 27.5 Å². The van der Waals surface area contributed by atoms with E-state index in [4.69, 9.17) is 21.1 Å². The monoisotopic (exact) mass is 544 g/mol. The summed E-state index contributed by atoms with van der Waals surface area (Å²) in [4.78, 5) is 12.1. The summed E-state index contributed by atoms with van der Waals surface area (Å²) >= 11 is 9.91. The molecule has 7 heteroatoms. The van der Waals surface area contributed by atoms with Crippen LogP contribution < -0.4 is 20.1 Å². The highest BCUT2D eigenvalue weighted by molar-refractivity contribution is 9.10. The maximum absolute atomic E-state index is 12.1. The summed E-state index contributed by atoms with van der Waals surface area (Å²) in [7, 11) is 0. The fourth-order valence-corrected chi connectivity index (χ4v) is 4.00. The van der Waals surface area contributed by atoms with Gasteiger partial charge in [0, 0.05) is 39.4 Å². The standard InChI is InChI=1S/C27H30BrClN2O3/c1-4-33-25-13-20(23(28)15-26(25)34-17-19-8-5-6-11-24(19)29)16-30-21-9-7-10-22(14-21)31-27(32)12-18(2)3/h5-11,13-15,18,30H,4,12,16-17H2,1-3H3,(H,31,32). The van der Waals surface area contributed by atoms with E-state index in [0.29, 0.717) is 48.6 Å². The average Bonchev–Trinajstić information content (AvgIpc) is 2.79. The van der Waals surface area contributed by atoms with Crippen molar-refractivity contribution >= 4 is 44.8 Å². The van der Waals surface area contributed by atoms with Crippen LogP contribution in [0.3, 0.4) is 0 Å². The number of amides is 1. The lowest BCUT2D eigenvalue weighted by Gasteiger charge is -2.16. The van der Waals surface area contributed by atoms with Gasteiger partial charge in [0.1, 0.15) is 6.61 Å². The average molecular weight is 546 g/mol. The van der Waals surface area contributed by atoms with E-state index < -0.39 is 0 Å². The molecule has 0 aliphatic rings. The molecule has 0 aromatic heterocycles. The minimum absolute atomic E-state index is 0.0172. The Morgan fingerprint density at radius 1 is 0.971 bits per heavy atom. The van der Waals surface area contributed by atoms with Crippen LogP contribution in [-0.2, 0) is 17.9 Å². The quantitative estimate of drug-likeness (QED) is 0.259. The first kappa shape index (κ1) is 25.9. The SMILES string of the molecule is CCOc1cc(CNc2cccc(NC(=O)CC(C)C)c2)c(Br)cc1OCc1ccccc1Cl. The number of rotatable bonds is 11. The summed E-state index contributed by atoms with van der Waals surface area (Å²) in [5.41, 5.74) is 3.61. The van der Waals surface area contributed by atoms with E-state index in [2.05, 4.69) is 26.6 Å². The Kier molecular flexibility index (Phi) is 9.66. The van der Waals surface area contributed by atoms with Gasteiger partial charge in [-0.3, -0.25) is 4.79 Å². The van der Waals surface area contributed by atoms with E-state index in [1.54, 1.807) is 0 Å². The van der Waals surface area contributed by atoms with Gasteiger partial charge in [0.15, 0.2) is 11.5 Å². The smallest absolute Gasteiger partial charge is 0.224 e. The first-order valence-corrected chi connectivity index (χ1v) is 12.5. The van der Waals surface area contributed by atoms with Crippen molar-refractivity contribution in [3.05, 3.63) is 81.3 Å². The van der Waals surface area contributed by atoms with E-state index in [0.717, 1.165) is 27.0 Å². The Labute approximate surface area is 214 Å². The van der Waals surface area contributed by atoms with Crippen molar-refractivity contribution in [2.24, 2.45) is 5.92 Å². The van der Waals surface area contributed by atoms with E-state index >= 15 is 0 Å². The summed E-state index contributed by atoms with van der Waals surface area (Å²) in [5.74, 6) is 1.65. The Morgan fingerprint density at radius 3 is 2.44 bits per heavy atom. The predicted octanol–water partition coefficient (Wildman–Crippen LogP) is 7.68. The fraction of sp³-hybridized carbons (Fsp3) is 0.296. The zero-order valence-electron chi connectivity index (χ0n) is 19.7. The molecule has 1 amide bonds. The van der Waals surface area contributed by atoms with Crippen molar-refractivity contribution in [1.82, 2.24) is 0 Å². The topological polar surface area (TPSA) is 59.6 Å². The Balaban J connectivity index is 1.69. The molecule has 0 radical (unpaired) electrons. The molecule has 3 aromatic rings. The van der Waals surface area contributed by atoms with Crippen LogP contribution in [0.1, 0.15) is 38.3 Å². The molecular formula is C27H30BrClN2O3. The van der Waals surface area contributed by atoms with Gasteiger partial charge in [-0.25, -0.2) is 0 Å². The molecular weight excluding hydrogens is 516 g/mol. The van der Waals surface area contributed by atoms with E-state index in [-0.39, 0.29) is 5.91 Å². The van der Waals surface area contributed by atoms with Gasteiger partial charge < -0.3 is 20.1 Å². The van der Waals surface area contributed by atoms with Crippen LogP contribution in [0, 0.1) is 5.92 Å². The number of halogens is 2. The lowest BCUT2D eigenvalue weighted by molar-refractivity contribution is -0.116. The summed E-state index contributed by atoms with van der Waals surface area (Å²) in [6.07, 6.45) is 0.496. The largest absolute Gasteiger partial charge is 0.490 e. The Bertz CT molecular complexity index is 1120. The van der Waals surface area contributed by atoms with Crippen molar-refractivity contribution < 1.29 is 14.3 Å². The molecule has 0 heterocycles. The van der Waals surface area contributed by atoms with Crippen molar-refractivity contribution in [3.8, 4) is 11.5 Å². The van der Waals surface area contributed by atoms with Gasteiger partial charge in [0.05, 0.1) is 6.61 Å². The summed E-state index contributed by atoms with van der Waals surface area (Å²) in [6.45, 7) is 7.43. The molecule has 0 saturated heterocycles. The number of hydrogen-bond donors (Lipinski definition) is 2. The fourth-order valence-electron chi connectivity index (χ4n) is 3.35. The lowest BCUT2D eigenvalue weighted by Crippen LogP contribution is -2.14. The second-order valence-corrected chi connectivity index (χ2v) is 9.55. The summed E-state index contributed by atoms with van der Waals surface area (Å²) in [6, 6.07) is 19.2. The van der Waals surface area contributed by atoms with Crippen LogP contribution in [0.4, 0.5) is 11.4 Å².